The molecule has 0 spiro atoms. The van der Waals surface area contributed by atoms with E-state index in [1.165, 1.54) is 11.3 Å². The van der Waals surface area contributed by atoms with Crippen LogP contribution in [0.2, 0.25) is 8.67 Å². The van der Waals surface area contributed by atoms with Crippen molar-refractivity contribution in [1.82, 2.24) is 5.32 Å². The van der Waals surface area contributed by atoms with Gasteiger partial charge in [0.1, 0.15) is 0 Å². The van der Waals surface area contributed by atoms with Crippen LogP contribution in [0.4, 0.5) is 0 Å². The Hall–Kier alpha value is -0.490. The number of guanidine groups is 1. The van der Waals surface area contributed by atoms with E-state index >= 15 is 0 Å². The van der Waals surface area contributed by atoms with Crippen molar-refractivity contribution in [2.45, 2.75) is 19.5 Å². The van der Waals surface area contributed by atoms with E-state index in [9.17, 15) is 0 Å². The molecule has 0 saturated heterocycles. The van der Waals surface area contributed by atoms with Gasteiger partial charge in [0.2, 0.25) is 0 Å². The molecule has 1 aromatic rings. The quantitative estimate of drug-likeness (QED) is 0.648. The molecule has 1 atom stereocenters. The second kappa shape index (κ2) is 7.06. The first-order chi connectivity index (χ1) is 8.02. The summed E-state index contributed by atoms with van der Waals surface area (Å²) < 4.78 is 6.28. The molecule has 0 aliphatic rings. The first kappa shape index (κ1) is 14.6. The Bertz CT molecular complexity index is 395. The fourth-order valence-electron chi connectivity index (χ4n) is 1.24. The Morgan fingerprint density at radius 3 is 2.88 bits per heavy atom. The van der Waals surface area contributed by atoms with E-state index < -0.39 is 0 Å². The number of hydrogen-bond donors (Lipinski definition) is 2. The van der Waals surface area contributed by atoms with E-state index in [4.69, 9.17) is 33.7 Å². The molecule has 0 aliphatic heterocycles. The summed E-state index contributed by atoms with van der Waals surface area (Å²) in [6.45, 7) is 2.95. The highest BCUT2D eigenvalue weighted by molar-refractivity contribution is 7.20. The van der Waals surface area contributed by atoms with Gasteiger partial charge < -0.3 is 15.8 Å². The van der Waals surface area contributed by atoms with Crippen LogP contribution in [-0.2, 0) is 11.3 Å². The average Bonchev–Trinajstić information content (AvgIpc) is 2.54. The Morgan fingerprint density at radius 2 is 2.35 bits per heavy atom. The van der Waals surface area contributed by atoms with Gasteiger partial charge in [-0.05, 0) is 13.0 Å². The average molecular weight is 296 g/mol. The van der Waals surface area contributed by atoms with E-state index in [1.54, 1.807) is 13.2 Å². The fraction of sp³-hybridized carbons (Fsp3) is 0.500. The monoisotopic (exact) mass is 295 g/mol. The van der Waals surface area contributed by atoms with Crippen LogP contribution in [-0.4, -0.2) is 25.7 Å². The minimum absolute atomic E-state index is 0.116. The second-order valence-corrected chi connectivity index (χ2v) is 5.84. The van der Waals surface area contributed by atoms with Gasteiger partial charge in [-0.25, -0.2) is 4.99 Å². The first-order valence-corrected chi connectivity index (χ1v) is 6.59. The molecule has 17 heavy (non-hydrogen) atoms. The number of hydrogen-bond acceptors (Lipinski definition) is 3. The summed E-state index contributed by atoms with van der Waals surface area (Å²) in [7, 11) is 1.64. The molecule has 3 N–H and O–H groups in total. The summed E-state index contributed by atoms with van der Waals surface area (Å²) in [5, 5.41) is 3.01. The van der Waals surface area contributed by atoms with Crippen LogP contribution in [0.25, 0.3) is 0 Å². The molecule has 1 heterocycles. The highest BCUT2D eigenvalue weighted by atomic mass is 35.5. The normalized spacial score (nSPS) is 13.8. The predicted octanol–water partition coefficient (Wildman–Crippen LogP) is 2.49. The zero-order valence-corrected chi connectivity index (χ0v) is 12.0. The molecule has 0 saturated carbocycles. The molecule has 1 rings (SSSR count). The van der Waals surface area contributed by atoms with Crippen molar-refractivity contribution in [2.75, 3.05) is 13.7 Å². The third-order valence-electron chi connectivity index (χ3n) is 1.96. The van der Waals surface area contributed by atoms with Gasteiger partial charge in [-0.15, -0.1) is 11.3 Å². The molecule has 0 aliphatic carbocycles. The van der Waals surface area contributed by atoms with Crippen LogP contribution in [0.5, 0.6) is 0 Å². The number of ether oxygens (including phenoxy) is 1. The number of methoxy groups -OCH3 is 1. The topological polar surface area (TPSA) is 59.6 Å². The zero-order valence-electron chi connectivity index (χ0n) is 9.67. The van der Waals surface area contributed by atoms with Crippen LogP contribution in [0.3, 0.4) is 0 Å². The molecule has 0 bridgehead atoms. The number of nitrogens with two attached hydrogens (primary N) is 1. The lowest BCUT2D eigenvalue weighted by Gasteiger charge is -2.12. The maximum atomic E-state index is 5.97. The first-order valence-electron chi connectivity index (χ1n) is 5.02. The largest absolute Gasteiger partial charge is 0.383 e. The number of nitrogens with one attached hydrogen (secondary N) is 1. The molecule has 7 heteroatoms. The number of aliphatic imine (C=N–C) groups is 1. The van der Waals surface area contributed by atoms with Gasteiger partial charge in [0.25, 0.3) is 0 Å². The van der Waals surface area contributed by atoms with Crippen molar-refractivity contribution < 1.29 is 4.74 Å². The minimum atomic E-state index is 0.116. The van der Waals surface area contributed by atoms with Gasteiger partial charge in [0, 0.05) is 18.7 Å². The number of halogens is 2. The molecule has 1 aromatic heterocycles. The summed E-state index contributed by atoms with van der Waals surface area (Å²) in [5.74, 6) is 0.368. The van der Waals surface area contributed by atoms with Crippen molar-refractivity contribution in [1.29, 1.82) is 0 Å². The van der Waals surface area contributed by atoms with Crippen LogP contribution >= 0.6 is 34.5 Å². The predicted molar refractivity (Wildman–Crippen MR) is 74.1 cm³/mol. The van der Waals surface area contributed by atoms with Crippen molar-refractivity contribution in [3.63, 3.8) is 0 Å². The Balaban J connectivity index is 2.50. The lowest BCUT2D eigenvalue weighted by Crippen LogP contribution is -2.40. The SMILES string of the molecule is COCC(C)NC(N)=NCc1cc(Cl)sc1Cl. The molecule has 0 aromatic carbocycles. The van der Waals surface area contributed by atoms with Crippen LogP contribution in [0.1, 0.15) is 12.5 Å². The van der Waals surface area contributed by atoms with Crippen molar-refractivity contribution in [2.24, 2.45) is 10.7 Å². The fourth-order valence-corrected chi connectivity index (χ4v) is 2.71. The smallest absolute Gasteiger partial charge is 0.189 e. The number of rotatable bonds is 5. The van der Waals surface area contributed by atoms with Gasteiger partial charge in [0.05, 0.1) is 21.8 Å². The molecule has 0 fully saturated rings. The third-order valence-corrected chi connectivity index (χ3v) is 3.53. The summed E-state index contributed by atoms with van der Waals surface area (Å²) in [4.78, 5) is 4.18. The lowest BCUT2D eigenvalue weighted by molar-refractivity contribution is 0.179. The lowest BCUT2D eigenvalue weighted by atomic mass is 10.3. The van der Waals surface area contributed by atoms with Crippen molar-refractivity contribution in [3.05, 3.63) is 20.3 Å². The number of thiophene rings is 1. The third kappa shape index (κ3) is 5.12. The van der Waals surface area contributed by atoms with E-state index in [-0.39, 0.29) is 6.04 Å². The van der Waals surface area contributed by atoms with Gasteiger partial charge in [-0.3, -0.25) is 0 Å². The van der Waals surface area contributed by atoms with E-state index in [1.807, 2.05) is 6.92 Å². The molecule has 1 unspecified atom stereocenters. The molecule has 96 valence electrons. The maximum Gasteiger partial charge on any atom is 0.189 e. The van der Waals surface area contributed by atoms with Gasteiger partial charge in [0.15, 0.2) is 5.96 Å². The van der Waals surface area contributed by atoms with E-state index in [0.717, 1.165) is 5.56 Å². The molecule has 0 amide bonds. The van der Waals surface area contributed by atoms with E-state index in [0.29, 0.717) is 27.8 Å². The van der Waals surface area contributed by atoms with Gasteiger partial charge in [-0.2, -0.15) is 0 Å². The second-order valence-electron chi connectivity index (χ2n) is 3.55. The number of nitrogens with zero attached hydrogens (tertiary/aromatic N) is 1. The van der Waals surface area contributed by atoms with Gasteiger partial charge >= 0.3 is 0 Å². The molecular weight excluding hydrogens is 281 g/mol. The van der Waals surface area contributed by atoms with Crippen LogP contribution < -0.4 is 11.1 Å². The molecular formula is C10H15Cl2N3OS. The summed E-state index contributed by atoms with van der Waals surface area (Å²) >= 11 is 13.1. The van der Waals surface area contributed by atoms with Crippen molar-refractivity contribution >= 4 is 40.5 Å². The van der Waals surface area contributed by atoms with Crippen molar-refractivity contribution in [3.8, 4) is 0 Å². The molecule has 0 radical (unpaired) electrons. The Labute approximate surface area is 115 Å². The van der Waals surface area contributed by atoms with E-state index in [2.05, 4.69) is 10.3 Å². The van der Waals surface area contributed by atoms with Crippen LogP contribution in [0.15, 0.2) is 11.1 Å². The highest BCUT2D eigenvalue weighted by Crippen LogP contribution is 2.31. The Morgan fingerprint density at radius 1 is 1.65 bits per heavy atom. The summed E-state index contributed by atoms with van der Waals surface area (Å²) in [6.07, 6.45) is 0. The van der Waals surface area contributed by atoms with Crippen LogP contribution in [0, 0.1) is 0 Å². The standard InChI is InChI=1S/C10H15Cl2N3OS/c1-6(5-16-2)15-10(13)14-4-7-3-8(11)17-9(7)12/h3,6H,4-5H2,1-2H3,(H3,13,14,15). The minimum Gasteiger partial charge on any atom is -0.383 e. The highest BCUT2D eigenvalue weighted by Gasteiger charge is 2.06. The Kier molecular flexibility index (Phi) is 6.05. The summed E-state index contributed by atoms with van der Waals surface area (Å²) in [5.41, 5.74) is 6.60. The summed E-state index contributed by atoms with van der Waals surface area (Å²) in [6, 6.07) is 1.91. The zero-order chi connectivity index (χ0) is 12.8. The van der Waals surface area contributed by atoms with Gasteiger partial charge in [-0.1, -0.05) is 23.2 Å². The maximum absolute atomic E-state index is 5.97. The molecule has 4 nitrogen and oxygen atoms in total.